The lowest BCUT2D eigenvalue weighted by Crippen LogP contribution is -2.37. The molecule has 0 aromatic rings. The van der Waals surface area contributed by atoms with Crippen molar-refractivity contribution in [2.75, 3.05) is 39.5 Å². The molecule has 1 heterocycles. The molecule has 14 heavy (non-hydrogen) atoms. The third-order valence-corrected chi connectivity index (χ3v) is 2.01. The van der Waals surface area contributed by atoms with Crippen molar-refractivity contribution < 1.29 is 14.4 Å². The predicted molar refractivity (Wildman–Crippen MR) is 52.4 cm³/mol. The van der Waals surface area contributed by atoms with Crippen molar-refractivity contribution in [3.05, 3.63) is 0 Å². The number of oxime groups is 1. The van der Waals surface area contributed by atoms with Gasteiger partial charge in [-0.3, -0.25) is 9.69 Å². The first-order valence-corrected chi connectivity index (χ1v) is 4.82. The summed E-state index contributed by atoms with van der Waals surface area (Å²) in [6, 6.07) is 0. The monoisotopic (exact) mass is 200 g/mol. The van der Waals surface area contributed by atoms with Crippen molar-refractivity contribution in [2.45, 2.75) is 6.42 Å². The fourth-order valence-corrected chi connectivity index (χ4v) is 1.30. The van der Waals surface area contributed by atoms with Crippen LogP contribution in [-0.4, -0.2) is 56.9 Å². The molecule has 1 fully saturated rings. The molecule has 0 aromatic heterocycles. The van der Waals surface area contributed by atoms with E-state index in [2.05, 4.69) is 10.1 Å². The Hall–Kier alpha value is -0.940. The Morgan fingerprint density at radius 2 is 2.21 bits per heavy atom. The molecule has 0 unspecified atom stereocenters. The van der Waals surface area contributed by atoms with Gasteiger partial charge in [0, 0.05) is 19.6 Å². The summed E-state index contributed by atoms with van der Waals surface area (Å²) in [7, 11) is 0. The molecule has 5 nitrogen and oxygen atoms in total. The second-order valence-corrected chi connectivity index (χ2v) is 3.03. The van der Waals surface area contributed by atoms with Crippen LogP contribution in [0, 0.1) is 0 Å². The Kier molecular flexibility index (Phi) is 5.94. The van der Waals surface area contributed by atoms with E-state index in [0.717, 1.165) is 45.5 Å². The maximum absolute atomic E-state index is 9.83. The zero-order valence-corrected chi connectivity index (χ0v) is 8.22. The zero-order chi connectivity index (χ0) is 10.1. The molecule has 0 radical (unpaired) electrons. The van der Waals surface area contributed by atoms with Gasteiger partial charge in [0.1, 0.15) is 12.8 Å². The van der Waals surface area contributed by atoms with E-state index in [1.165, 1.54) is 0 Å². The van der Waals surface area contributed by atoms with Crippen molar-refractivity contribution in [1.82, 2.24) is 4.90 Å². The van der Waals surface area contributed by atoms with Gasteiger partial charge < -0.3 is 9.57 Å². The summed E-state index contributed by atoms with van der Waals surface area (Å²) in [6.45, 7) is 5.20. The molecule has 0 spiro atoms. The van der Waals surface area contributed by atoms with E-state index >= 15 is 0 Å². The molecule has 1 aliphatic rings. The Bertz CT molecular complexity index is 179. The van der Waals surface area contributed by atoms with Crippen LogP contribution in [0.5, 0.6) is 0 Å². The van der Waals surface area contributed by atoms with Crippen LogP contribution in [0.15, 0.2) is 5.16 Å². The van der Waals surface area contributed by atoms with Gasteiger partial charge in [-0.2, -0.15) is 0 Å². The molecular formula is C9H16N2O3. The molecule has 1 rings (SSSR count). The van der Waals surface area contributed by atoms with Gasteiger partial charge in [0.2, 0.25) is 0 Å². The van der Waals surface area contributed by atoms with E-state index in [-0.39, 0.29) is 0 Å². The SMILES string of the molecule is O=CC=NOCCCN1CCOCC1. The summed E-state index contributed by atoms with van der Waals surface area (Å²) in [5.74, 6) is 0. The lowest BCUT2D eigenvalue weighted by Gasteiger charge is -2.26. The number of morpholine rings is 1. The topological polar surface area (TPSA) is 51.1 Å². The van der Waals surface area contributed by atoms with Gasteiger partial charge in [-0.15, -0.1) is 0 Å². The van der Waals surface area contributed by atoms with Crippen LogP contribution in [0.2, 0.25) is 0 Å². The van der Waals surface area contributed by atoms with Crippen molar-refractivity contribution in [3.8, 4) is 0 Å². The highest BCUT2D eigenvalue weighted by Gasteiger charge is 2.08. The fourth-order valence-electron chi connectivity index (χ4n) is 1.30. The number of ether oxygens (including phenoxy) is 1. The average molecular weight is 200 g/mol. The van der Waals surface area contributed by atoms with Crippen LogP contribution < -0.4 is 0 Å². The summed E-state index contributed by atoms with van der Waals surface area (Å²) < 4.78 is 5.22. The smallest absolute Gasteiger partial charge is 0.164 e. The summed E-state index contributed by atoms with van der Waals surface area (Å²) in [6.07, 6.45) is 2.63. The van der Waals surface area contributed by atoms with Gasteiger partial charge in [-0.25, -0.2) is 0 Å². The lowest BCUT2D eigenvalue weighted by molar-refractivity contribution is -0.102. The largest absolute Gasteiger partial charge is 0.396 e. The molecular weight excluding hydrogens is 184 g/mol. The first-order valence-electron chi connectivity index (χ1n) is 4.82. The first kappa shape index (κ1) is 11.1. The fraction of sp³-hybridized carbons (Fsp3) is 0.778. The molecule has 0 aliphatic carbocycles. The van der Waals surface area contributed by atoms with Gasteiger partial charge in [-0.05, 0) is 6.42 Å². The lowest BCUT2D eigenvalue weighted by atomic mass is 10.3. The molecule has 0 aromatic carbocycles. The van der Waals surface area contributed by atoms with Crippen LogP contribution in [0.25, 0.3) is 0 Å². The molecule has 0 saturated carbocycles. The number of hydrogen-bond acceptors (Lipinski definition) is 5. The highest BCUT2D eigenvalue weighted by atomic mass is 16.6. The van der Waals surface area contributed by atoms with Crippen molar-refractivity contribution in [2.24, 2.45) is 5.16 Å². The number of aldehydes is 1. The summed E-state index contributed by atoms with van der Waals surface area (Å²) in [5.41, 5.74) is 0. The van der Waals surface area contributed by atoms with Crippen LogP contribution >= 0.6 is 0 Å². The molecule has 0 atom stereocenters. The zero-order valence-electron chi connectivity index (χ0n) is 8.22. The maximum atomic E-state index is 9.83. The third-order valence-electron chi connectivity index (χ3n) is 2.01. The van der Waals surface area contributed by atoms with Gasteiger partial charge in [-0.1, -0.05) is 5.16 Å². The highest BCUT2D eigenvalue weighted by Crippen LogP contribution is 1.97. The second-order valence-electron chi connectivity index (χ2n) is 3.03. The molecule has 0 N–H and O–H groups in total. The number of hydrogen-bond donors (Lipinski definition) is 0. The Labute approximate surface area is 83.7 Å². The van der Waals surface area contributed by atoms with Gasteiger partial charge >= 0.3 is 0 Å². The standard InChI is InChI=1S/C9H16N2O3/c12-6-2-10-14-7-1-3-11-4-8-13-9-5-11/h2,6H,1,3-5,7-9H2. The van der Waals surface area contributed by atoms with E-state index in [9.17, 15) is 4.79 Å². The van der Waals surface area contributed by atoms with E-state index in [1.807, 2.05) is 0 Å². The van der Waals surface area contributed by atoms with E-state index in [1.54, 1.807) is 0 Å². The van der Waals surface area contributed by atoms with Gasteiger partial charge in [0.05, 0.1) is 13.2 Å². The minimum atomic E-state index is 0.557. The minimum absolute atomic E-state index is 0.557. The Balaban J connectivity index is 1.92. The van der Waals surface area contributed by atoms with Gasteiger partial charge in [0.25, 0.3) is 0 Å². The predicted octanol–water partition coefficient (Wildman–Crippen LogP) is -0.0900. The summed E-state index contributed by atoms with van der Waals surface area (Å²) in [4.78, 5) is 17.0. The van der Waals surface area contributed by atoms with Crippen molar-refractivity contribution >= 4 is 12.5 Å². The highest BCUT2D eigenvalue weighted by molar-refractivity contribution is 6.12. The maximum Gasteiger partial charge on any atom is 0.164 e. The number of carbonyl (C=O) groups excluding carboxylic acids is 1. The minimum Gasteiger partial charge on any atom is -0.396 e. The van der Waals surface area contributed by atoms with Crippen LogP contribution in [0.1, 0.15) is 6.42 Å². The number of carbonyl (C=O) groups is 1. The number of rotatable bonds is 6. The van der Waals surface area contributed by atoms with E-state index < -0.39 is 0 Å². The second kappa shape index (κ2) is 7.46. The molecule has 0 bridgehead atoms. The van der Waals surface area contributed by atoms with Crippen LogP contribution in [0.3, 0.4) is 0 Å². The molecule has 1 saturated heterocycles. The number of nitrogens with zero attached hydrogens (tertiary/aromatic N) is 2. The Morgan fingerprint density at radius 1 is 1.43 bits per heavy atom. The summed E-state index contributed by atoms with van der Waals surface area (Å²) in [5, 5.41) is 3.44. The molecule has 0 amide bonds. The normalized spacial score (nSPS) is 18.6. The van der Waals surface area contributed by atoms with Crippen LogP contribution in [-0.2, 0) is 14.4 Å². The Morgan fingerprint density at radius 3 is 2.93 bits per heavy atom. The van der Waals surface area contributed by atoms with Gasteiger partial charge in [0.15, 0.2) is 6.29 Å². The third kappa shape index (κ3) is 4.94. The summed E-state index contributed by atoms with van der Waals surface area (Å²) >= 11 is 0. The van der Waals surface area contributed by atoms with E-state index in [4.69, 9.17) is 9.57 Å². The van der Waals surface area contributed by atoms with Crippen molar-refractivity contribution in [1.29, 1.82) is 0 Å². The first-order chi connectivity index (χ1) is 6.93. The molecule has 1 aliphatic heterocycles. The van der Waals surface area contributed by atoms with Crippen LogP contribution in [0.4, 0.5) is 0 Å². The quantitative estimate of drug-likeness (QED) is 0.260. The van der Waals surface area contributed by atoms with E-state index in [0.29, 0.717) is 12.9 Å². The average Bonchev–Trinajstić information content (AvgIpc) is 2.25. The van der Waals surface area contributed by atoms with Crippen molar-refractivity contribution in [3.63, 3.8) is 0 Å². The molecule has 5 heteroatoms. The molecule has 80 valence electrons.